The molecule has 57 heavy (non-hydrogen) atoms. The first-order chi connectivity index (χ1) is 28.2. The highest BCUT2D eigenvalue weighted by atomic mass is 15.1. The molecule has 0 saturated heterocycles. The van der Waals surface area contributed by atoms with E-state index in [9.17, 15) is 0 Å². The lowest BCUT2D eigenvalue weighted by atomic mass is 9.96. The Kier molecular flexibility index (Phi) is 7.82. The van der Waals surface area contributed by atoms with Gasteiger partial charge < -0.3 is 4.90 Å². The Morgan fingerprint density at radius 1 is 0.298 bits per heavy atom. The molecule has 1 heterocycles. The lowest BCUT2D eigenvalue weighted by molar-refractivity contribution is 1.29. The maximum absolute atomic E-state index is 5.42. The van der Waals surface area contributed by atoms with Crippen LogP contribution in [-0.2, 0) is 0 Å². The van der Waals surface area contributed by atoms with Crippen LogP contribution in [0.15, 0.2) is 212 Å². The minimum Gasteiger partial charge on any atom is -0.310 e. The second-order valence-corrected chi connectivity index (χ2v) is 14.6. The second kappa shape index (κ2) is 13.6. The Hall–Kier alpha value is -7.62. The molecule has 0 N–H and O–H groups in total. The number of fused-ring (bicyclic) bond motifs is 7. The van der Waals surface area contributed by atoms with Gasteiger partial charge in [-0.3, -0.25) is 0 Å². The molecular weight excluding hydrogens is 691 g/mol. The first-order valence-electron chi connectivity index (χ1n) is 19.4. The van der Waals surface area contributed by atoms with Crippen molar-refractivity contribution in [2.24, 2.45) is 0 Å². The van der Waals surface area contributed by atoms with E-state index in [0.29, 0.717) is 0 Å². The zero-order valence-electron chi connectivity index (χ0n) is 31.0. The smallest absolute Gasteiger partial charge is 0.0979 e. The zero-order chi connectivity index (χ0) is 37.7. The fourth-order valence-corrected chi connectivity index (χ4v) is 8.32. The molecule has 10 aromatic carbocycles. The van der Waals surface area contributed by atoms with Crippen LogP contribution in [-0.4, -0.2) is 9.97 Å². The normalized spacial score (nSPS) is 11.5. The van der Waals surface area contributed by atoms with Gasteiger partial charge in [0.1, 0.15) is 0 Å². The molecule has 0 spiro atoms. The molecule has 0 unspecified atom stereocenters. The van der Waals surface area contributed by atoms with Gasteiger partial charge >= 0.3 is 0 Å². The molecule has 3 nitrogen and oxygen atoms in total. The Morgan fingerprint density at radius 3 is 1.42 bits per heavy atom. The van der Waals surface area contributed by atoms with Gasteiger partial charge in [-0.1, -0.05) is 164 Å². The molecule has 3 heteroatoms. The van der Waals surface area contributed by atoms with Crippen LogP contribution >= 0.6 is 0 Å². The van der Waals surface area contributed by atoms with Crippen LogP contribution in [0, 0.1) is 0 Å². The molecule has 0 fully saturated rings. The van der Waals surface area contributed by atoms with E-state index < -0.39 is 0 Å². The van der Waals surface area contributed by atoms with Gasteiger partial charge in [-0.15, -0.1) is 0 Å². The minimum atomic E-state index is 0.885. The Bertz CT molecular complexity index is 3200. The SMILES string of the molecule is c1ccc(-c2nc3ccc4ccc5cc(-c6ccc(N(c7ccc8ccccc8c7)c7ccc8ccccc8c7)cc6)ccc5c4c3nc2-c2ccccc2)cc1. The maximum Gasteiger partial charge on any atom is 0.0979 e. The highest BCUT2D eigenvalue weighted by molar-refractivity contribution is 6.19. The summed E-state index contributed by atoms with van der Waals surface area (Å²) in [6.07, 6.45) is 0. The van der Waals surface area contributed by atoms with Crippen molar-refractivity contribution in [1.82, 2.24) is 9.97 Å². The highest BCUT2D eigenvalue weighted by Crippen LogP contribution is 2.40. The molecule has 0 aliphatic heterocycles. The topological polar surface area (TPSA) is 29.0 Å². The maximum atomic E-state index is 5.42. The number of rotatable bonds is 6. The second-order valence-electron chi connectivity index (χ2n) is 14.6. The first kappa shape index (κ1) is 32.8. The van der Waals surface area contributed by atoms with Gasteiger partial charge in [-0.2, -0.15) is 0 Å². The van der Waals surface area contributed by atoms with E-state index in [2.05, 4.69) is 205 Å². The van der Waals surface area contributed by atoms with Crippen LogP contribution in [0.4, 0.5) is 17.1 Å². The highest BCUT2D eigenvalue weighted by Gasteiger charge is 2.17. The quantitative estimate of drug-likeness (QED) is 0.160. The van der Waals surface area contributed by atoms with Crippen molar-refractivity contribution in [3.63, 3.8) is 0 Å². The van der Waals surface area contributed by atoms with Gasteiger partial charge in [0, 0.05) is 33.6 Å². The van der Waals surface area contributed by atoms with Gasteiger partial charge in [0.2, 0.25) is 0 Å². The van der Waals surface area contributed by atoms with Gasteiger partial charge in [-0.05, 0) is 97.4 Å². The predicted octanol–water partition coefficient (Wildman–Crippen LogP) is 14.7. The van der Waals surface area contributed by atoms with Crippen molar-refractivity contribution in [2.75, 3.05) is 4.90 Å². The van der Waals surface area contributed by atoms with Crippen molar-refractivity contribution < 1.29 is 0 Å². The van der Waals surface area contributed by atoms with Crippen molar-refractivity contribution in [3.05, 3.63) is 212 Å². The van der Waals surface area contributed by atoms with Gasteiger partial charge in [0.15, 0.2) is 0 Å². The summed E-state index contributed by atoms with van der Waals surface area (Å²) in [7, 11) is 0. The van der Waals surface area contributed by atoms with E-state index in [1.54, 1.807) is 0 Å². The molecule has 11 aromatic rings. The number of hydrogen-bond acceptors (Lipinski definition) is 3. The predicted molar refractivity (Wildman–Crippen MR) is 241 cm³/mol. The van der Waals surface area contributed by atoms with E-state index in [-0.39, 0.29) is 0 Å². The van der Waals surface area contributed by atoms with Crippen LogP contribution in [0.25, 0.3) is 87.8 Å². The number of anilines is 3. The van der Waals surface area contributed by atoms with Gasteiger partial charge in [0.05, 0.1) is 22.4 Å². The number of nitrogens with zero attached hydrogens (tertiary/aromatic N) is 3. The zero-order valence-corrected chi connectivity index (χ0v) is 31.0. The monoisotopic (exact) mass is 725 g/mol. The molecular formula is C54H35N3. The van der Waals surface area contributed by atoms with E-state index in [0.717, 1.165) is 72.3 Å². The van der Waals surface area contributed by atoms with Crippen LogP contribution in [0.5, 0.6) is 0 Å². The average molecular weight is 726 g/mol. The number of benzene rings is 10. The number of hydrogen-bond donors (Lipinski definition) is 0. The molecule has 11 rings (SSSR count). The Labute approximate surface area is 330 Å². The molecule has 1 aromatic heterocycles. The lowest BCUT2D eigenvalue weighted by Crippen LogP contribution is -2.09. The summed E-state index contributed by atoms with van der Waals surface area (Å²) in [5, 5.41) is 9.49. The summed E-state index contributed by atoms with van der Waals surface area (Å²) in [6.45, 7) is 0. The van der Waals surface area contributed by atoms with E-state index in [1.807, 2.05) is 12.1 Å². The molecule has 0 amide bonds. The summed E-state index contributed by atoms with van der Waals surface area (Å²) in [5.41, 5.74) is 11.3. The first-order valence-corrected chi connectivity index (χ1v) is 19.4. The summed E-state index contributed by atoms with van der Waals surface area (Å²) < 4.78 is 0. The summed E-state index contributed by atoms with van der Waals surface area (Å²) >= 11 is 0. The third-order valence-electron chi connectivity index (χ3n) is 11.2. The van der Waals surface area contributed by atoms with E-state index >= 15 is 0 Å². The Morgan fingerprint density at radius 2 is 0.789 bits per heavy atom. The van der Waals surface area contributed by atoms with Crippen molar-refractivity contribution >= 4 is 71.2 Å². The average Bonchev–Trinajstić information content (AvgIpc) is 3.29. The van der Waals surface area contributed by atoms with Crippen molar-refractivity contribution in [2.45, 2.75) is 0 Å². The molecule has 0 bridgehead atoms. The molecule has 0 aliphatic rings. The fourth-order valence-electron chi connectivity index (χ4n) is 8.32. The molecule has 0 saturated carbocycles. The molecule has 266 valence electrons. The standard InChI is InChI=1S/C54H35N3/c1-3-13-40(14-4-1)52-53(41-15-5-2-6-16-41)56-54-50(55-52)32-26-39-19-20-45-33-44(25-31-49(45)51(39)54)38-21-27-46(28-22-38)57(47-29-23-36-11-7-9-17-42(36)34-47)48-30-24-37-12-8-10-18-43(37)35-48/h1-35H. The van der Waals surface area contributed by atoms with Crippen LogP contribution in [0.1, 0.15) is 0 Å². The summed E-state index contributed by atoms with van der Waals surface area (Å²) in [5.74, 6) is 0. The van der Waals surface area contributed by atoms with Crippen LogP contribution in [0.2, 0.25) is 0 Å². The third kappa shape index (κ3) is 5.85. The summed E-state index contributed by atoms with van der Waals surface area (Å²) in [6, 6.07) is 75.8. The van der Waals surface area contributed by atoms with Gasteiger partial charge in [0.25, 0.3) is 0 Å². The fraction of sp³-hybridized carbons (Fsp3) is 0. The van der Waals surface area contributed by atoms with Crippen LogP contribution < -0.4 is 4.90 Å². The van der Waals surface area contributed by atoms with Crippen molar-refractivity contribution in [3.8, 4) is 33.6 Å². The van der Waals surface area contributed by atoms with E-state index in [4.69, 9.17) is 9.97 Å². The minimum absolute atomic E-state index is 0.885. The van der Waals surface area contributed by atoms with Crippen molar-refractivity contribution in [1.29, 1.82) is 0 Å². The van der Waals surface area contributed by atoms with Crippen LogP contribution in [0.3, 0.4) is 0 Å². The third-order valence-corrected chi connectivity index (χ3v) is 11.2. The largest absolute Gasteiger partial charge is 0.310 e. The lowest BCUT2D eigenvalue weighted by Gasteiger charge is -2.26. The molecule has 0 aliphatic carbocycles. The van der Waals surface area contributed by atoms with Gasteiger partial charge in [-0.25, -0.2) is 9.97 Å². The Balaban J connectivity index is 1.01. The molecule has 0 atom stereocenters. The van der Waals surface area contributed by atoms with E-state index in [1.165, 1.54) is 32.5 Å². The number of aromatic nitrogens is 2. The summed E-state index contributed by atoms with van der Waals surface area (Å²) in [4.78, 5) is 13.1. The molecule has 0 radical (unpaired) electrons.